The highest BCUT2D eigenvalue weighted by Gasteiger charge is 2.21. The summed E-state index contributed by atoms with van der Waals surface area (Å²) in [6.45, 7) is 7.11. The lowest BCUT2D eigenvalue weighted by Crippen LogP contribution is -2.38. The summed E-state index contributed by atoms with van der Waals surface area (Å²) in [5.41, 5.74) is 10.00. The Morgan fingerprint density at radius 2 is 1.79 bits per heavy atom. The smallest absolute Gasteiger partial charge is 0.241 e. The van der Waals surface area contributed by atoms with Gasteiger partial charge in [0.05, 0.1) is 18.1 Å². The van der Waals surface area contributed by atoms with Gasteiger partial charge in [0.1, 0.15) is 0 Å². The van der Waals surface area contributed by atoms with Crippen molar-refractivity contribution in [2.75, 3.05) is 5.32 Å². The number of carbonyl (C=O) groups excluding carboxylic acids is 1. The molecule has 1 amide bonds. The molecule has 0 fully saturated rings. The molecule has 146 valence electrons. The van der Waals surface area contributed by atoms with Crippen LogP contribution in [-0.2, 0) is 23.2 Å². The molecule has 3 N–H and O–H groups in total. The highest BCUT2D eigenvalue weighted by molar-refractivity contribution is 5.95. The first-order valence-corrected chi connectivity index (χ1v) is 9.53. The zero-order chi connectivity index (χ0) is 20.1. The van der Waals surface area contributed by atoms with Gasteiger partial charge in [0.2, 0.25) is 5.91 Å². The first-order valence-electron chi connectivity index (χ1n) is 9.53. The Balaban J connectivity index is 1.63. The van der Waals surface area contributed by atoms with Crippen molar-refractivity contribution in [1.82, 2.24) is 9.55 Å². The lowest BCUT2D eigenvalue weighted by molar-refractivity contribution is -0.117. The van der Waals surface area contributed by atoms with Crippen molar-refractivity contribution in [3.8, 4) is 0 Å². The van der Waals surface area contributed by atoms with Gasteiger partial charge in [-0.1, -0.05) is 69.3 Å². The van der Waals surface area contributed by atoms with Crippen LogP contribution in [0, 0.1) is 0 Å². The van der Waals surface area contributed by atoms with Crippen molar-refractivity contribution in [3.05, 3.63) is 83.9 Å². The number of nitrogens with one attached hydrogen (secondary N) is 1. The fourth-order valence-electron chi connectivity index (χ4n) is 3.18. The summed E-state index contributed by atoms with van der Waals surface area (Å²) in [5, 5.41) is 2.99. The number of carbonyl (C=O) groups is 1. The van der Waals surface area contributed by atoms with Crippen LogP contribution in [0.15, 0.2) is 67.1 Å². The highest BCUT2D eigenvalue weighted by Crippen LogP contribution is 2.29. The van der Waals surface area contributed by atoms with Crippen molar-refractivity contribution < 1.29 is 4.79 Å². The van der Waals surface area contributed by atoms with E-state index in [9.17, 15) is 4.79 Å². The maximum atomic E-state index is 12.6. The van der Waals surface area contributed by atoms with E-state index in [0.717, 1.165) is 23.5 Å². The number of nitrogens with two attached hydrogens (primary N) is 1. The van der Waals surface area contributed by atoms with Gasteiger partial charge in [-0.05, 0) is 22.6 Å². The van der Waals surface area contributed by atoms with E-state index >= 15 is 0 Å². The Kier molecular flexibility index (Phi) is 5.95. The van der Waals surface area contributed by atoms with Gasteiger partial charge in [0.15, 0.2) is 0 Å². The third kappa shape index (κ3) is 5.08. The zero-order valence-corrected chi connectivity index (χ0v) is 16.7. The van der Waals surface area contributed by atoms with E-state index in [1.807, 2.05) is 53.2 Å². The molecule has 3 rings (SSSR count). The summed E-state index contributed by atoms with van der Waals surface area (Å²) in [6, 6.07) is 17.4. The number of aromatic nitrogens is 2. The van der Waals surface area contributed by atoms with Crippen LogP contribution in [0.4, 0.5) is 5.69 Å². The van der Waals surface area contributed by atoms with Gasteiger partial charge < -0.3 is 15.6 Å². The molecule has 0 spiro atoms. The molecule has 0 unspecified atom stereocenters. The van der Waals surface area contributed by atoms with Crippen LogP contribution in [-0.4, -0.2) is 21.5 Å². The second-order valence-corrected chi connectivity index (χ2v) is 8.12. The summed E-state index contributed by atoms with van der Waals surface area (Å²) < 4.78 is 2.00. The highest BCUT2D eigenvalue weighted by atomic mass is 16.2. The average Bonchev–Trinajstić information content (AvgIpc) is 3.09. The largest absolute Gasteiger partial charge is 0.333 e. The van der Waals surface area contributed by atoms with Gasteiger partial charge in [-0.15, -0.1) is 0 Å². The van der Waals surface area contributed by atoms with E-state index in [1.165, 1.54) is 5.56 Å². The molecule has 0 saturated carbocycles. The Hall–Kier alpha value is -2.92. The van der Waals surface area contributed by atoms with Crippen LogP contribution in [0.2, 0.25) is 0 Å². The normalized spacial score (nSPS) is 12.6. The fraction of sp³-hybridized carbons (Fsp3) is 0.304. The third-order valence-electron chi connectivity index (χ3n) is 4.65. The van der Waals surface area contributed by atoms with Gasteiger partial charge in [0.25, 0.3) is 0 Å². The quantitative estimate of drug-likeness (QED) is 0.688. The van der Waals surface area contributed by atoms with Crippen LogP contribution in [0.1, 0.15) is 37.6 Å². The van der Waals surface area contributed by atoms with E-state index in [0.29, 0.717) is 6.42 Å². The monoisotopic (exact) mass is 376 g/mol. The first kappa shape index (κ1) is 19.8. The Morgan fingerprint density at radius 3 is 2.50 bits per heavy atom. The summed E-state index contributed by atoms with van der Waals surface area (Å²) in [4.78, 5) is 17.0. The molecule has 0 saturated heterocycles. The number of para-hydroxylation sites is 1. The Bertz CT molecular complexity index is 925. The molecule has 1 atom stereocenters. The van der Waals surface area contributed by atoms with Gasteiger partial charge >= 0.3 is 0 Å². The number of anilines is 1. The second-order valence-electron chi connectivity index (χ2n) is 8.12. The average molecular weight is 377 g/mol. The number of benzene rings is 2. The number of nitrogens with zero attached hydrogens (tertiary/aromatic N) is 2. The van der Waals surface area contributed by atoms with Crippen molar-refractivity contribution in [1.29, 1.82) is 0 Å². The number of amides is 1. The molecule has 0 aliphatic carbocycles. The number of imidazole rings is 1. The van der Waals surface area contributed by atoms with E-state index in [1.54, 1.807) is 6.33 Å². The minimum atomic E-state index is -0.659. The topological polar surface area (TPSA) is 72.9 Å². The molecule has 28 heavy (non-hydrogen) atoms. The molecule has 2 aromatic carbocycles. The number of hydrogen-bond acceptors (Lipinski definition) is 3. The van der Waals surface area contributed by atoms with E-state index < -0.39 is 6.04 Å². The summed E-state index contributed by atoms with van der Waals surface area (Å²) in [7, 11) is 0. The van der Waals surface area contributed by atoms with Gasteiger partial charge in [0, 0.05) is 24.8 Å². The van der Waals surface area contributed by atoms with Crippen LogP contribution in [0.5, 0.6) is 0 Å². The minimum absolute atomic E-state index is 0.0653. The minimum Gasteiger partial charge on any atom is -0.333 e. The molecule has 0 bridgehead atoms. The second kappa shape index (κ2) is 8.40. The molecule has 5 nitrogen and oxygen atoms in total. The van der Waals surface area contributed by atoms with Crippen LogP contribution in [0.25, 0.3) is 0 Å². The molecule has 0 aliphatic heterocycles. The van der Waals surface area contributed by atoms with Crippen molar-refractivity contribution in [2.24, 2.45) is 5.73 Å². The summed E-state index contributed by atoms with van der Waals surface area (Å²) in [6.07, 6.45) is 4.12. The first-order chi connectivity index (χ1) is 13.3. The molecule has 0 radical (unpaired) electrons. The van der Waals surface area contributed by atoms with Crippen LogP contribution < -0.4 is 11.1 Å². The maximum absolute atomic E-state index is 12.6. The lowest BCUT2D eigenvalue weighted by atomic mass is 9.86. The van der Waals surface area contributed by atoms with E-state index in [-0.39, 0.29) is 11.3 Å². The lowest BCUT2D eigenvalue weighted by Gasteiger charge is -2.23. The van der Waals surface area contributed by atoms with Gasteiger partial charge in [-0.3, -0.25) is 4.79 Å². The maximum Gasteiger partial charge on any atom is 0.241 e. The van der Waals surface area contributed by atoms with Gasteiger partial charge in [-0.2, -0.15) is 0 Å². The summed E-state index contributed by atoms with van der Waals surface area (Å²) in [5.74, 6) is -0.200. The molecule has 1 heterocycles. The van der Waals surface area contributed by atoms with Crippen molar-refractivity contribution >= 4 is 11.6 Å². The molecule has 0 aliphatic rings. The van der Waals surface area contributed by atoms with E-state index in [4.69, 9.17) is 5.73 Å². The van der Waals surface area contributed by atoms with Crippen LogP contribution in [0.3, 0.4) is 0 Å². The Morgan fingerprint density at radius 1 is 1.11 bits per heavy atom. The SMILES string of the molecule is CC(C)(C)c1ccccc1NC(=O)[C@@H](N)Cc1cn(Cc2ccccc2)cn1. The van der Waals surface area contributed by atoms with Crippen molar-refractivity contribution in [2.45, 2.75) is 45.2 Å². The number of hydrogen-bond donors (Lipinski definition) is 2. The standard InChI is InChI=1S/C23H28N4O/c1-23(2,3)19-11-7-8-12-21(19)26-22(28)20(24)13-18-15-27(16-25-18)14-17-9-5-4-6-10-17/h4-12,15-16,20H,13-14,24H2,1-3H3,(H,26,28)/t20-/m0/s1. The molecule has 5 heteroatoms. The van der Waals surface area contributed by atoms with Gasteiger partial charge in [-0.25, -0.2) is 4.98 Å². The molecular weight excluding hydrogens is 348 g/mol. The fourth-order valence-corrected chi connectivity index (χ4v) is 3.18. The summed E-state index contributed by atoms with van der Waals surface area (Å²) >= 11 is 0. The molecule has 1 aromatic heterocycles. The van der Waals surface area contributed by atoms with Crippen molar-refractivity contribution in [3.63, 3.8) is 0 Å². The van der Waals surface area contributed by atoms with E-state index in [2.05, 4.69) is 43.2 Å². The number of rotatable bonds is 6. The molecule has 3 aromatic rings. The predicted molar refractivity (Wildman–Crippen MR) is 113 cm³/mol. The third-order valence-corrected chi connectivity index (χ3v) is 4.65. The Labute approximate surface area is 166 Å². The zero-order valence-electron chi connectivity index (χ0n) is 16.7. The predicted octanol–water partition coefficient (Wildman–Crippen LogP) is 3.74. The van der Waals surface area contributed by atoms with Crippen LogP contribution >= 0.6 is 0 Å². The molecular formula is C23H28N4O.